The van der Waals surface area contributed by atoms with Gasteiger partial charge in [0, 0.05) is 0 Å². The number of hydrogen-bond donors (Lipinski definition) is 2. The number of nitrogens with one attached hydrogen (secondary N) is 1. The third-order valence-electron chi connectivity index (χ3n) is 2.84. The number of anilines is 1. The Morgan fingerprint density at radius 1 is 1.56 bits per heavy atom. The van der Waals surface area contributed by atoms with Crippen molar-refractivity contribution >= 4 is 11.7 Å². The molecule has 4 nitrogen and oxygen atoms in total. The van der Waals surface area contributed by atoms with Crippen molar-refractivity contribution in [3.63, 3.8) is 0 Å². The van der Waals surface area contributed by atoms with Crippen LogP contribution in [0.2, 0.25) is 0 Å². The highest BCUT2D eigenvalue weighted by Crippen LogP contribution is 2.28. The van der Waals surface area contributed by atoms with E-state index in [1.807, 2.05) is 12.1 Å². The molecule has 0 saturated heterocycles. The van der Waals surface area contributed by atoms with Gasteiger partial charge in [-0.15, -0.1) is 6.58 Å². The normalized spacial score (nSPS) is 13.4. The van der Waals surface area contributed by atoms with Crippen LogP contribution >= 0.6 is 0 Å². The maximum atomic E-state index is 11.4. The molecule has 0 aromatic heterocycles. The zero-order valence-electron chi connectivity index (χ0n) is 10.8. The molecule has 0 heterocycles. The van der Waals surface area contributed by atoms with Gasteiger partial charge in [0.05, 0.1) is 12.8 Å². The summed E-state index contributed by atoms with van der Waals surface area (Å²) in [7, 11) is 1.56. The predicted molar refractivity (Wildman–Crippen MR) is 72.1 cm³/mol. The number of carbonyl (C=O) groups is 1. The second kappa shape index (κ2) is 6.10. The Morgan fingerprint density at radius 3 is 2.78 bits per heavy atom. The summed E-state index contributed by atoms with van der Waals surface area (Å²) in [6.07, 6.45) is 2.81. The number of aliphatic carboxylic acids is 1. The van der Waals surface area contributed by atoms with Gasteiger partial charge in [0.1, 0.15) is 11.3 Å². The van der Waals surface area contributed by atoms with Crippen LogP contribution in [0.5, 0.6) is 5.75 Å². The number of hydrogen-bond acceptors (Lipinski definition) is 3. The Balaban J connectivity index is 2.95. The van der Waals surface area contributed by atoms with Gasteiger partial charge in [0.2, 0.25) is 0 Å². The molecule has 1 unspecified atom stereocenters. The Labute approximate surface area is 107 Å². The average Bonchev–Trinajstić information content (AvgIpc) is 2.37. The van der Waals surface area contributed by atoms with Crippen molar-refractivity contribution in [2.45, 2.75) is 25.3 Å². The van der Waals surface area contributed by atoms with Crippen LogP contribution in [0.4, 0.5) is 5.69 Å². The highest BCUT2D eigenvalue weighted by molar-refractivity contribution is 5.83. The molecule has 1 aromatic rings. The molecule has 0 bridgehead atoms. The van der Waals surface area contributed by atoms with Crippen molar-refractivity contribution < 1.29 is 14.6 Å². The molecular formula is C14H19NO3. The van der Waals surface area contributed by atoms with Gasteiger partial charge in [0.15, 0.2) is 0 Å². The van der Waals surface area contributed by atoms with Crippen molar-refractivity contribution in [3.05, 3.63) is 36.9 Å². The van der Waals surface area contributed by atoms with Crippen LogP contribution in [-0.4, -0.2) is 23.7 Å². The number of para-hydroxylation sites is 2. The summed E-state index contributed by atoms with van der Waals surface area (Å²) in [5.41, 5.74) is -0.364. The van der Waals surface area contributed by atoms with Crippen LogP contribution in [0, 0.1) is 0 Å². The molecule has 0 amide bonds. The van der Waals surface area contributed by atoms with Crippen molar-refractivity contribution in [1.82, 2.24) is 0 Å². The largest absolute Gasteiger partial charge is 0.495 e. The molecule has 2 N–H and O–H groups in total. The molecule has 18 heavy (non-hydrogen) atoms. The summed E-state index contributed by atoms with van der Waals surface area (Å²) < 4.78 is 5.20. The second-order valence-corrected chi connectivity index (χ2v) is 4.29. The van der Waals surface area contributed by atoms with Crippen LogP contribution in [-0.2, 0) is 4.79 Å². The lowest BCUT2D eigenvalue weighted by molar-refractivity contribution is -0.141. The minimum atomic E-state index is -1.04. The highest BCUT2D eigenvalue weighted by Gasteiger charge is 2.32. The maximum absolute atomic E-state index is 11.4. The fourth-order valence-electron chi connectivity index (χ4n) is 1.66. The van der Waals surface area contributed by atoms with Gasteiger partial charge in [-0.3, -0.25) is 0 Å². The third kappa shape index (κ3) is 3.26. The Morgan fingerprint density at radius 2 is 2.22 bits per heavy atom. The van der Waals surface area contributed by atoms with Crippen molar-refractivity contribution in [3.8, 4) is 5.75 Å². The molecule has 1 rings (SSSR count). The lowest BCUT2D eigenvalue weighted by Crippen LogP contribution is -2.43. The van der Waals surface area contributed by atoms with Crippen LogP contribution < -0.4 is 10.1 Å². The quantitative estimate of drug-likeness (QED) is 0.729. The first-order valence-corrected chi connectivity index (χ1v) is 5.79. The minimum absolute atomic E-state index is 0.462. The molecule has 0 spiro atoms. The van der Waals surface area contributed by atoms with E-state index < -0.39 is 11.5 Å². The van der Waals surface area contributed by atoms with Gasteiger partial charge in [-0.25, -0.2) is 4.79 Å². The number of carboxylic acid groups (broad SMARTS) is 1. The zero-order chi connectivity index (χ0) is 13.6. The SMILES string of the molecule is C=CCCC(C)(Nc1ccccc1OC)C(=O)O. The number of ether oxygens (including phenoxy) is 1. The van der Waals surface area contributed by atoms with Crippen LogP contribution in [0.25, 0.3) is 0 Å². The van der Waals surface area contributed by atoms with Gasteiger partial charge in [-0.2, -0.15) is 0 Å². The monoisotopic (exact) mass is 249 g/mol. The van der Waals surface area contributed by atoms with E-state index in [1.54, 1.807) is 32.2 Å². The van der Waals surface area contributed by atoms with Crippen LogP contribution in [0.1, 0.15) is 19.8 Å². The van der Waals surface area contributed by atoms with E-state index in [-0.39, 0.29) is 0 Å². The number of rotatable bonds is 7. The molecule has 1 atom stereocenters. The van der Waals surface area contributed by atoms with Crippen molar-refractivity contribution in [2.75, 3.05) is 12.4 Å². The Bertz CT molecular complexity index is 431. The summed E-state index contributed by atoms with van der Waals surface area (Å²) in [5, 5.41) is 12.4. The molecule has 0 fully saturated rings. The number of benzene rings is 1. The molecule has 0 aliphatic rings. The first-order chi connectivity index (χ1) is 8.53. The molecule has 1 aromatic carbocycles. The van der Waals surface area contributed by atoms with Crippen LogP contribution in [0.15, 0.2) is 36.9 Å². The van der Waals surface area contributed by atoms with Crippen molar-refractivity contribution in [2.24, 2.45) is 0 Å². The van der Waals surface area contributed by atoms with E-state index in [2.05, 4.69) is 11.9 Å². The fraction of sp³-hybridized carbons (Fsp3) is 0.357. The lowest BCUT2D eigenvalue weighted by Gasteiger charge is -2.27. The predicted octanol–water partition coefficient (Wildman–Crippen LogP) is 2.92. The standard InChI is InChI=1S/C14H19NO3/c1-4-5-10-14(2,13(16)17)15-11-8-6-7-9-12(11)18-3/h4,6-9,15H,1,5,10H2,2-3H3,(H,16,17). The summed E-state index contributed by atoms with van der Waals surface area (Å²) >= 11 is 0. The summed E-state index contributed by atoms with van der Waals surface area (Å²) in [4.78, 5) is 11.4. The average molecular weight is 249 g/mol. The number of allylic oxidation sites excluding steroid dienone is 1. The van der Waals surface area contributed by atoms with E-state index in [9.17, 15) is 9.90 Å². The molecule has 4 heteroatoms. The molecule has 98 valence electrons. The Kier molecular flexibility index (Phi) is 4.77. The second-order valence-electron chi connectivity index (χ2n) is 4.29. The highest BCUT2D eigenvalue weighted by atomic mass is 16.5. The van der Waals surface area contributed by atoms with E-state index in [0.29, 0.717) is 24.3 Å². The van der Waals surface area contributed by atoms with Gasteiger partial charge >= 0.3 is 5.97 Å². The number of carboxylic acids is 1. The maximum Gasteiger partial charge on any atom is 0.329 e. The smallest absolute Gasteiger partial charge is 0.329 e. The minimum Gasteiger partial charge on any atom is -0.495 e. The topological polar surface area (TPSA) is 58.6 Å². The summed E-state index contributed by atoms with van der Waals surface area (Å²) in [5.74, 6) is -0.265. The van der Waals surface area contributed by atoms with E-state index >= 15 is 0 Å². The lowest BCUT2D eigenvalue weighted by atomic mass is 9.95. The van der Waals surface area contributed by atoms with Gasteiger partial charge < -0.3 is 15.2 Å². The first-order valence-electron chi connectivity index (χ1n) is 5.79. The Hall–Kier alpha value is -1.97. The zero-order valence-corrected chi connectivity index (χ0v) is 10.8. The van der Waals surface area contributed by atoms with E-state index in [4.69, 9.17) is 4.74 Å². The summed E-state index contributed by atoms with van der Waals surface area (Å²) in [6.45, 7) is 5.28. The van der Waals surface area contributed by atoms with Gasteiger partial charge in [0.25, 0.3) is 0 Å². The number of methoxy groups -OCH3 is 1. The molecule has 0 aliphatic heterocycles. The third-order valence-corrected chi connectivity index (χ3v) is 2.84. The van der Waals surface area contributed by atoms with Gasteiger partial charge in [-0.1, -0.05) is 18.2 Å². The molecule has 0 radical (unpaired) electrons. The van der Waals surface area contributed by atoms with Crippen LogP contribution in [0.3, 0.4) is 0 Å². The molecule has 0 aliphatic carbocycles. The first kappa shape index (κ1) is 14.1. The molecular weight excluding hydrogens is 230 g/mol. The van der Waals surface area contributed by atoms with Crippen molar-refractivity contribution in [1.29, 1.82) is 0 Å². The fourth-order valence-corrected chi connectivity index (χ4v) is 1.66. The van der Waals surface area contributed by atoms with E-state index in [1.165, 1.54) is 0 Å². The molecule has 0 saturated carbocycles. The summed E-state index contributed by atoms with van der Waals surface area (Å²) in [6, 6.07) is 7.26. The van der Waals surface area contributed by atoms with E-state index in [0.717, 1.165) is 0 Å². The van der Waals surface area contributed by atoms with Gasteiger partial charge in [-0.05, 0) is 31.9 Å².